The minimum Gasteiger partial charge on any atom is -0.388 e. The van der Waals surface area contributed by atoms with Gasteiger partial charge in [-0.2, -0.15) is 0 Å². The second-order valence-electron chi connectivity index (χ2n) is 4.91. The van der Waals surface area contributed by atoms with Crippen LogP contribution in [0.25, 0.3) is 0 Å². The van der Waals surface area contributed by atoms with Gasteiger partial charge in [0.05, 0.1) is 18.6 Å². The van der Waals surface area contributed by atoms with Crippen LogP contribution in [0.4, 0.5) is 5.69 Å². The van der Waals surface area contributed by atoms with Crippen LogP contribution in [0.15, 0.2) is 53.0 Å². The highest BCUT2D eigenvalue weighted by Crippen LogP contribution is 2.40. The molecule has 1 saturated heterocycles. The number of ether oxygens (including phenoxy) is 1. The fourth-order valence-corrected chi connectivity index (χ4v) is 2.95. The Labute approximate surface area is 121 Å². The van der Waals surface area contributed by atoms with E-state index in [9.17, 15) is 0 Å². The first-order valence-electron chi connectivity index (χ1n) is 6.37. The van der Waals surface area contributed by atoms with Crippen molar-refractivity contribution in [2.24, 2.45) is 0 Å². The molecular formula is C16H16BrNO. The Kier molecular flexibility index (Phi) is 3.33. The molecular weight excluding hydrogens is 302 g/mol. The van der Waals surface area contributed by atoms with E-state index in [2.05, 4.69) is 69.8 Å². The Hall–Kier alpha value is -1.32. The Bertz CT molecular complexity index is 576. The van der Waals surface area contributed by atoms with Gasteiger partial charge < -0.3 is 10.1 Å². The topological polar surface area (TPSA) is 21.3 Å². The van der Waals surface area contributed by atoms with Crippen LogP contribution >= 0.6 is 15.9 Å². The third-order valence-electron chi connectivity index (χ3n) is 3.80. The van der Waals surface area contributed by atoms with Crippen LogP contribution < -0.4 is 5.32 Å². The van der Waals surface area contributed by atoms with Gasteiger partial charge in [0, 0.05) is 17.2 Å². The summed E-state index contributed by atoms with van der Waals surface area (Å²) in [7, 11) is 1.94. The van der Waals surface area contributed by atoms with E-state index >= 15 is 0 Å². The first kappa shape index (κ1) is 12.7. The Morgan fingerprint density at radius 1 is 1.05 bits per heavy atom. The van der Waals surface area contributed by atoms with Crippen molar-refractivity contribution < 1.29 is 4.74 Å². The van der Waals surface area contributed by atoms with E-state index in [-0.39, 0.29) is 5.41 Å². The molecule has 2 aromatic carbocycles. The summed E-state index contributed by atoms with van der Waals surface area (Å²) in [5.74, 6) is 0. The molecule has 1 fully saturated rings. The summed E-state index contributed by atoms with van der Waals surface area (Å²) < 4.78 is 6.63. The van der Waals surface area contributed by atoms with Gasteiger partial charge in [0.25, 0.3) is 0 Å². The monoisotopic (exact) mass is 317 g/mol. The summed E-state index contributed by atoms with van der Waals surface area (Å²) in [6.45, 7) is 1.50. The van der Waals surface area contributed by atoms with Crippen molar-refractivity contribution in [3.8, 4) is 0 Å². The van der Waals surface area contributed by atoms with Crippen molar-refractivity contribution >= 4 is 21.6 Å². The first-order chi connectivity index (χ1) is 9.24. The van der Waals surface area contributed by atoms with Gasteiger partial charge in [-0.05, 0) is 35.4 Å². The fraction of sp³-hybridized carbons (Fsp3) is 0.250. The Balaban J connectivity index is 2.02. The third-order valence-corrected chi connectivity index (χ3v) is 4.29. The van der Waals surface area contributed by atoms with Crippen molar-refractivity contribution in [3.05, 3.63) is 64.1 Å². The zero-order chi connectivity index (χ0) is 13.3. The lowest BCUT2D eigenvalue weighted by Gasteiger charge is -2.42. The van der Waals surface area contributed by atoms with Gasteiger partial charge in [-0.15, -0.1) is 0 Å². The lowest BCUT2D eigenvalue weighted by atomic mass is 9.73. The Morgan fingerprint density at radius 2 is 1.79 bits per heavy atom. The quantitative estimate of drug-likeness (QED) is 0.929. The maximum atomic E-state index is 5.51. The van der Waals surface area contributed by atoms with Crippen molar-refractivity contribution in [1.82, 2.24) is 0 Å². The smallest absolute Gasteiger partial charge is 0.0670 e. The van der Waals surface area contributed by atoms with E-state index in [1.54, 1.807) is 0 Å². The predicted molar refractivity (Wildman–Crippen MR) is 81.7 cm³/mol. The molecule has 0 aromatic heterocycles. The molecule has 0 spiro atoms. The minimum atomic E-state index is 0.00997. The summed E-state index contributed by atoms with van der Waals surface area (Å²) in [6.07, 6.45) is 0. The number of rotatable bonds is 3. The maximum Gasteiger partial charge on any atom is 0.0670 e. The number of benzene rings is 2. The lowest BCUT2D eigenvalue weighted by molar-refractivity contribution is -0.0380. The van der Waals surface area contributed by atoms with Crippen LogP contribution in [0.3, 0.4) is 0 Å². The average Bonchev–Trinajstić information content (AvgIpc) is 2.38. The number of hydrogen-bond donors (Lipinski definition) is 1. The van der Waals surface area contributed by atoms with Gasteiger partial charge in [0.1, 0.15) is 0 Å². The molecule has 1 heterocycles. The van der Waals surface area contributed by atoms with Crippen LogP contribution in [0.2, 0.25) is 0 Å². The number of halogens is 1. The molecule has 0 unspecified atom stereocenters. The van der Waals surface area contributed by atoms with Gasteiger partial charge in [0.2, 0.25) is 0 Å². The molecule has 0 radical (unpaired) electrons. The zero-order valence-corrected chi connectivity index (χ0v) is 12.4. The summed E-state index contributed by atoms with van der Waals surface area (Å²) in [4.78, 5) is 0. The summed E-state index contributed by atoms with van der Waals surface area (Å²) in [6, 6.07) is 17.1. The lowest BCUT2D eigenvalue weighted by Crippen LogP contribution is -2.47. The van der Waals surface area contributed by atoms with E-state index in [4.69, 9.17) is 4.74 Å². The molecule has 2 nitrogen and oxygen atoms in total. The molecule has 0 amide bonds. The number of hydrogen-bond acceptors (Lipinski definition) is 2. The summed E-state index contributed by atoms with van der Waals surface area (Å²) >= 11 is 3.55. The van der Waals surface area contributed by atoms with Crippen LogP contribution in [-0.4, -0.2) is 20.3 Å². The van der Waals surface area contributed by atoms with Gasteiger partial charge in [-0.3, -0.25) is 0 Å². The van der Waals surface area contributed by atoms with E-state index in [0.29, 0.717) is 0 Å². The molecule has 19 heavy (non-hydrogen) atoms. The highest BCUT2D eigenvalue weighted by atomic mass is 79.9. The standard InChI is InChI=1S/C16H16BrNO/c1-18-15-7-5-12(6-8-15)16(10-19-11-16)13-3-2-4-14(17)9-13/h2-9,18H,10-11H2,1H3. The molecule has 3 rings (SSSR count). The van der Waals surface area contributed by atoms with Gasteiger partial charge in [-0.25, -0.2) is 0 Å². The molecule has 2 aromatic rings. The molecule has 0 aliphatic carbocycles. The van der Waals surface area contributed by atoms with E-state index in [1.165, 1.54) is 11.1 Å². The van der Waals surface area contributed by atoms with Crippen molar-refractivity contribution in [2.75, 3.05) is 25.6 Å². The summed E-state index contributed by atoms with van der Waals surface area (Å²) in [5, 5.41) is 3.15. The van der Waals surface area contributed by atoms with Gasteiger partial charge in [0.15, 0.2) is 0 Å². The SMILES string of the molecule is CNc1ccc(C2(c3cccc(Br)c3)COC2)cc1. The molecule has 3 heteroatoms. The van der Waals surface area contributed by atoms with Gasteiger partial charge in [-0.1, -0.05) is 40.2 Å². The average molecular weight is 318 g/mol. The molecule has 98 valence electrons. The van der Waals surface area contributed by atoms with Crippen molar-refractivity contribution in [2.45, 2.75) is 5.41 Å². The summed E-state index contributed by atoms with van der Waals surface area (Å²) in [5.41, 5.74) is 3.77. The van der Waals surface area contributed by atoms with Crippen LogP contribution in [-0.2, 0) is 10.2 Å². The van der Waals surface area contributed by atoms with Crippen molar-refractivity contribution in [3.63, 3.8) is 0 Å². The predicted octanol–water partition coefficient (Wildman–Crippen LogP) is 3.81. The molecule has 0 atom stereocenters. The third kappa shape index (κ3) is 2.17. The highest BCUT2D eigenvalue weighted by Gasteiger charge is 2.42. The fourth-order valence-electron chi connectivity index (χ4n) is 2.55. The zero-order valence-electron chi connectivity index (χ0n) is 10.8. The number of nitrogens with one attached hydrogen (secondary N) is 1. The van der Waals surface area contributed by atoms with E-state index in [0.717, 1.165) is 23.4 Å². The minimum absolute atomic E-state index is 0.00997. The van der Waals surface area contributed by atoms with Crippen molar-refractivity contribution in [1.29, 1.82) is 0 Å². The van der Waals surface area contributed by atoms with Gasteiger partial charge >= 0.3 is 0 Å². The molecule has 1 N–H and O–H groups in total. The van der Waals surface area contributed by atoms with E-state index in [1.807, 2.05) is 7.05 Å². The normalized spacial score (nSPS) is 16.7. The number of anilines is 1. The first-order valence-corrected chi connectivity index (χ1v) is 7.16. The Morgan fingerprint density at radius 3 is 2.32 bits per heavy atom. The second-order valence-corrected chi connectivity index (χ2v) is 5.83. The molecule has 0 saturated carbocycles. The highest BCUT2D eigenvalue weighted by molar-refractivity contribution is 9.10. The van der Waals surface area contributed by atoms with Crippen LogP contribution in [0.1, 0.15) is 11.1 Å². The molecule has 1 aliphatic heterocycles. The van der Waals surface area contributed by atoms with Crippen LogP contribution in [0.5, 0.6) is 0 Å². The van der Waals surface area contributed by atoms with E-state index < -0.39 is 0 Å². The maximum absolute atomic E-state index is 5.51. The molecule has 0 bridgehead atoms. The van der Waals surface area contributed by atoms with Crippen LogP contribution in [0, 0.1) is 0 Å². The molecule has 1 aliphatic rings. The second kappa shape index (κ2) is 4.99. The largest absolute Gasteiger partial charge is 0.388 e.